The SMILES string of the molecule is Cn1c(C#N)nc2cnc(-c3ccc(OCCCN)c(C(F)(F)F)c3)cc21. The number of alkyl halides is 3. The number of hydrogen-bond donors (Lipinski definition) is 1. The zero-order valence-electron chi connectivity index (χ0n) is 14.4. The number of hydrogen-bond acceptors (Lipinski definition) is 5. The van der Waals surface area contributed by atoms with Crippen molar-refractivity contribution in [2.75, 3.05) is 13.2 Å². The lowest BCUT2D eigenvalue weighted by molar-refractivity contribution is -0.138. The van der Waals surface area contributed by atoms with E-state index in [-0.39, 0.29) is 23.7 Å². The molecule has 2 N–H and O–H groups in total. The van der Waals surface area contributed by atoms with Crippen LogP contribution in [-0.4, -0.2) is 27.7 Å². The van der Waals surface area contributed by atoms with Crippen LogP contribution in [0.4, 0.5) is 13.2 Å². The van der Waals surface area contributed by atoms with Gasteiger partial charge in [0.05, 0.1) is 29.6 Å². The summed E-state index contributed by atoms with van der Waals surface area (Å²) in [5.74, 6) is -0.0448. The van der Waals surface area contributed by atoms with Gasteiger partial charge in [0, 0.05) is 12.6 Å². The molecule has 3 rings (SSSR count). The van der Waals surface area contributed by atoms with E-state index in [1.807, 2.05) is 6.07 Å². The van der Waals surface area contributed by atoms with E-state index in [1.54, 1.807) is 17.7 Å². The molecule has 0 aliphatic heterocycles. The van der Waals surface area contributed by atoms with Gasteiger partial charge in [-0.25, -0.2) is 4.98 Å². The van der Waals surface area contributed by atoms with E-state index in [2.05, 4.69) is 9.97 Å². The zero-order chi connectivity index (χ0) is 19.6. The minimum atomic E-state index is -4.57. The number of ether oxygens (including phenoxy) is 1. The number of halogens is 3. The molecule has 2 aromatic heterocycles. The predicted octanol–water partition coefficient (Wildman–Crippen LogP) is 3.25. The molecule has 0 aliphatic rings. The summed E-state index contributed by atoms with van der Waals surface area (Å²) in [6.45, 7) is 0.438. The maximum absolute atomic E-state index is 13.4. The summed E-state index contributed by atoms with van der Waals surface area (Å²) in [5.41, 5.74) is 6.20. The van der Waals surface area contributed by atoms with Crippen molar-refractivity contribution < 1.29 is 17.9 Å². The zero-order valence-corrected chi connectivity index (χ0v) is 14.4. The fourth-order valence-electron chi connectivity index (χ4n) is 2.66. The Morgan fingerprint density at radius 1 is 1.30 bits per heavy atom. The normalized spacial score (nSPS) is 11.6. The Morgan fingerprint density at radius 2 is 2.07 bits per heavy atom. The van der Waals surface area contributed by atoms with Gasteiger partial charge in [-0.3, -0.25) is 4.98 Å². The highest BCUT2D eigenvalue weighted by Gasteiger charge is 2.35. The molecule has 0 saturated heterocycles. The van der Waals surface area contributed by atoms with E-state index in [0.29, 0.717) is 29.7 Å². The smallest absolute Gasteiger partial charge is 0.419 e. The number of nitrogens with two attached hydrogens (primary N) is 1. The van der Waals surface area contributed by atoms with E-state index in [1.165, 1.54) is 18.3 Å². The van der Waals surface area contributed by atoms with Crippen molar-refractivity contribution in [3.8, 4) is 23.1 Å². The summed E-state index contributed by atoms with van der Waals surface area (Å²) in [7, 11) is 1.66. The molecule has 1 aromatic carbocycles. The third-order valence-electron chi connectivity index (χ3n) is 4.05. The summed E-state index contributed by atoms with van der Waals surface area (Å²) in [6.07, 6.45) is -2.68. The molecule has 0 saturated carbocycles. The first-order valence-electron chi connectivity index (χ1n) is 8.12. The lowest BCUT2D eigenvalue weighted by atomic mass is 10.1. The van der Waals surface area contributed by atoms with Gasteiger partial charge in [0.25, 0.3) is 0 Å². The van der Waals surface area contributed by atoms with E-state index in [0.717, 1.165) is 6.07 Å². The van der Waals surface area contributed by atoms with Crippen molar-refractivity contribution in [2.45, 2.75) is 12.6 Å². The van der Waals surface area contributed by atoms with Crippen LogP contribution in [0.2, 0.25) is 0 Å². The van der Waals surface area contributed by atoms with E-state index < -0.39 is 11.7 Å². The largest absolute Gasteiger partial charge is 0.493 e. The van der Waals surface area contributed by atoms with Crippen LogP contribution in [0, 0.1) is 11.3 Å². The van der Waals surface area contributed by atoms with Gasteiger partial charge in [-0.1, -0.05) is 0 Å². The Hall–Kier alpha value is -3.12. The van der Waals surface area contributed by atoms with Crippen molar-refractivity contribution in [2.24, 2.45) is 12.8 Å². The standard InChI is InChI=1S/C18H16F3N5O/c1-26-15-8-13(24-10-14(15)25-17(26)9-23)11-3-4-16(27-6-2-5-22)12(7-11)18(19,20)21/h3-4,7-8,10H,2,5-6,22H2,1H3. The number of imidazole rings is 1. The monoisotopic (exact) mass is 375 g/mol. The number of nitrogens with zero attached hydrogens (tertiary/aromatic N) is 4. The number of aromatic nitrogens is 3. The van der Waals surface area contributed by atoms with Crippen LogP contribution in [0.15, 0.2) is 30.5 Å². The Morgan fingerprint density at radius 3 is 2.74 bits per heavy atom. The second-order valence-corrected chi connectivity index (χ2v) is 5.86. The molecule has 0 amide bonds. The number of benzene rings is 1. The first-order chi connectivity index (χ1) is 12.8. The quantitative estimate of drug-likeness (QED) is 0.692. The molecule has 0 fully saturated rings. The molecule has 0 spiro atoms. The average Bonchev–Trinajstić information content (AvgIpc) is 2.97. The highest BCUT2D eigenvalue weighted by molar-refractivity contribution is 5.80. The molecule has 0 bridgehead atoms. The van der Waals surface area contributed by atoms with Gasteiger partial charge in [0.15, 0.2) is 0 Å². The molecule has 0 unspecified atom stereocenters. The number of pyridine rings is 1. The van der Waals surface area contributed by atoms with Crippen LogP contribution in [-0.2, 0) is 13.2 Å². The lowest BCUT2D eigenvalue weighted by Crippen LogP contribution is -2.11. The Bertz CT molecular complexity index is 1020. The van der Waals surface area contributed by atoms with Gasteiger partial charge < -0.3 is 15.0 Å². The van der Waals surface area contributed by atoms with Crippen molar-refractivity contribution in [1.29, 1.82) is 5.26 Å². The van der Waals surface area contributed by atoms with E-state index in [9.17, 15) is 13.2 Å². The second kappa shape index (κ2) is 7.25. The first-order valence-corrected chi connectivity index (χ1v) is 8.12. The van der Waals surface area contributed by atoms with Gasteiger partial charge in [0.1, 0.15) is 17.3 Å². The molecule has 0 atom stereocenters. The van der Waals surface area contributed by atoms with Gasteiger partial charge in [-0.05, 0) is 37.2 Å². The van der Waals surface area contributed by atoms with Gasteiger partial charge in [-0.15, -0.1) is 0 Å². The van der Waals surface area contributed by atoms with Crippen molar-refractivity contribution in [3.63, 3.8) is 0 Å². The molecular formula is C18H16F3N5O. The van der Waals surface area contributed by atoms with Crippen LogP contribution in [0.5, 0.6) is 5.75 Å². The molecule has 0 radical (unpaired) electrons. The minimum absolute atomic E-state index is 0.106. The van der Waals surface area contributed by atoms with Crippen molar-refractivity contribution in [3.05, 3.63) is 41.9 Å². The van der Waals surface area contributed by atoms with Crippen LogP contribution in [0.25, 0.3) is 22.3 Å². The number of aryl methyl sites for hydroxylation is 1. The number of fused-ring (bicyclic) bond motifs is 1. The maximum Gasteiger partial charge on any atom is 0.419 e. The first kappa shape index (κ1) is 18.7. The minimum Gasteiger partial charge on any atom is -0.493 e. The molecule has 9 heteroatoms. The van der Waals surface area contributed by atoms with Gasteiger partial charge in [-0.2, -0.15) is 18.4 Å². The fraction of sp³-hybridized carbons (Fsp3) is 0.278. The van der Waals surface area contributed by atoms with Gasteiger partial charge in [0.2, 0.25) is 5.82 Å². The molecule has 3 aromatic rings. The molecule has 2 heterocycles. The summed E-state index contributed by atoms with van der Waals surface area (Å²) in [6, 6.07) is 7.37. The molecular weight excluding hydrogens is 359 g/mol. The topological polar surface area (TPSA) is 89.8 Å². The summed E-state index contributed by atoms with van der Waals surface area (Å²) in [4.78, 5) is 8.29. The number of nitriles is 1. The fourth-order valence-corrected chi connectivity index (χ4v) is 2.66. The highest BCUT2D eigenvalue weighted by atomic mass is 19.4. The molecule has 0 aliphatic carbocycles. The van der Waals surface area contributed by atoms with Crippen LogP contribution >= 0.6 is 0 Å². The third kappa shape index (κ3) is 3.71. The van der Waals surface area contributed by atoms with E-state index >= 15 is 0 Å². The van der Waals surface area contributed by atoms with Crippen molar-refractivity contribution >= 4 is 11.0 Å². The maximum atomic E-state index is 13.4. The highest BCUT2D eigenvalue weighted by Crippen LogP contribution is 2.38. The van der Waals surface area contributed by atoms with Crippen LogP contribution < -0.4 is 10.5 Å². The summed E-state index contributed by atoms with van der Waals surface area (Å²) < 4.78 is 47.1. The van der Waals surface area contributed by atoms with Crippen LogP contribution in [0.3, 0.4) is 0 Å². The molecule has 27 heavy (non-hydrogen) atoms. The second-order valence-electron chi connectivity index (χ2n) is 5.86. The third-order valence-corrected chi connectivity index (χ3v) is 4.05. The molecule has 140 valence electrons. The molecule has 6 nitrogen and oxygen atoms in total. The van der Waals surface area contributed by atoms with Crippen molar-refractivity contribution in [1.82, 2.24) is 14.5 Å². The average molecular weight is 375 g/mol. The van der Waals surface area contributed by atoms with E-state index in [4.69, 9.17) is 15.7 Å². The summed E-state index contributed by atoms with van der Waals surface area (Å²) in [5, 5.41) is 9.05. The predicted molar refractivity (Wildman–Crippen MR) is 92.8 cm³/mol. The Kier molecular flexibility index (Phi) is 5.01. The summed E-state index contributed by atoms with van der Waals surface area (Å²) >= 11 is 0. The number of rotatable bonds is 5. The van der Waals surface area contributed by atoms with Gasteiger partial charge >= 0.3 is 6.18 Å². The van der Waals surface area contributed by atoms with Crippen LogP contribution in [0.1, 0.15) is 17.8 Å². The lowest BCUT2D eigenvalue weighted by Gasteiger charge is -2.15. The Balaban J connectivity index is 2.05. The Labute approximate surface area is 153 Å².